The number of hydrogen-bond donors (Lipinski definition) is 4. The molecule has 1 fully saturated rings. The van der Waals surface area contributed by atoms with Crippen molar-refractivity contribution in [3.63, 3.8) is 0 Å². The Bertz CT molecular complexity index is 735. The van der Waals surface area contributed by atoms with Crippen molar-refractivity contribution in [3.8, 4) is 0 Å². The van der Waals surface area contributed by atoms with Crippen molar-refractivity contribution < 1.29 is 19.7 Å². The van der Waals surface area contributed by atoms with E-state index < -0.39 is 49.0 Å². The maximum absolute atomic E-state index is 12.2. The second-order valence-electron chi connectivity index (χ2n) is 8.03. The molecule has 4 atom stereocenters. The highest BCUT2D eigenvalue weighted by Gasteiger charge is 2.50. The van der Waals surface area contributed by atoms with Crippen LogP contribution in [0.15, 0.2) is 15.8 Å². The quantitative estimate of drug-likeness (QED) is 0.543. The molecule has 1 aromatic rings. The van der Waals surface area contributed by atoms with Gasteiger partial charge in [-0.3, -0.25) is 14.3 Å². The van der Waals surface area contributed by atoms with Crippen LogP contribution in [0.4, 0.5) is 0 Å². The minimum absolute atomic E-state index is 0.347. The van der Waals surface area contributed by atoms with Gasteiger partial charge >= 0.3 is 5.69 Å². The molecule has 8 nitrogen and oxygen atoms in total. The number of aryl methyl sites for hydroxylation is 1. The lowest BCUT2D eigenvalue weighted by Crippen LogP contribution is -2.43. The summed E-state index contributed by atoms with van der Waals surface area (Å²) < 4.78 is 6.98. The lowest BCUT2D eigenvalue weighted by Gasteiger charge is -2.38. The molecule has 0 aliphatic carbocycles. The molecule has 0 bridgehead atoms. The molecule has 9 heteroatoms. The Labute approximate surface area is 147 Å². The van der Waals surface area contributed by atoms with E-state index in [2.05, 4.69) is 4.98 Å². The van der Waals surface area contributed by atoms with Crippen LogP contribution in [0.3, 0.4) is 0 Å². The Morgan fingerprint density at radius 3 is 2.48 bits per heavy atom. The van der Waals surface area contributed by atoms with E-state index in [9.17, 15) is 24.6 Å². The van der Waals surface area contributed by atoms with E-state index in [0.29, 0.717) is 12.0 Å². The van der Waals surface area contributed by atoms with Crippen molar-refractivity contribution in [2.45, 2.75) is 63.8 Å². The minimum atomic E-state index is -2.55. The Morgan fingerprint density at radius 1 is 1.36 bits per heavy atom. The van der Waals surface area contributed by atoms with Crippen molar-refractivity contribution in [1.29, 1.82) is 0 Å². The van der Waals surface area contributed by atoms with Gasteiger partial charge in [0.25, 0.3) is 5.56 Å². The zero-order valence-electron chi connectivity index (χ0n) is 15.3. The molecule has 1 aromatic heterocycles. The molecule has 0 spiro atoms. The summed E-state index contributed by atoms with van der Waals surface area (Å²) in [6.45, 7) is 8.69. The van der Waals surface area contributed by atoms with Crippen LogP contribution in [-0.4, -0.2) is 51.7 Å². The highest BCUT2D eigenvalue weighted by Crippen LogP contribution is 2.48. The number of nitrogens with one attached hydrogen (secondary N) is 1. The van der Waals surface area contributed by atoms with Crippen LogP contribution in [0.25, 0.3) is 0 Å². The number of aliphatic hydroxyl groups excluding tert-OH is 2. The van der Waals surface area contributed by atoms with Gasteiger partial charge in [-0.05, 0) is 31.5 Å². The van der Waals surface area contributed by atoms with Gasteiger partial charge < -0.3 is 19.7 Å². The zero-order chi connectivity index (χ0) is 19.2. The molecule has 0 amide bonds. The molecule has 1 saturated heterocycles. The summed E-state index contributed by atoms with van der Waals surface area (Å²) in [5, 5.41) is 19.6. The SMILES string of the molecule is Cc1cn([C@@H]2O[C@H](CO)C(O)[C@@H]2CC(C)(C)[Si](C)(C)O)c(=O)[nH]c1=O. The molecule has 0 radical (unpaired) electrons. The molecule has 1 aliphatic heterocycles. The first-order valence-corrected chi connectivity index (χ1v) is 11.3. The Kier molecular flexibility index (Phi) is 5.46. The van der Waals surface area contributed by atoms with E-state index in [1.54, 1.807) is 6.92 Å². The first kappa shape index (κ1) is 20.1. The average Bonchev–Trinajstić information content (AvgIpc) is 2.78. The van der Waals surface area contributed by atoms with Gasteiger partial charge in [0.1, 0.15) is 12.3 Å². The fourth-order valence-electron chi connectivity index (χ4n) is 3.06. The Hall–Kier alpha value is -1.26. The molecule has 142 valence electrons. The standard InChI is InChI=1S/C16H28N2O6Si/c1-9-7-18(15(22)17-13(9)21)14-10(12(20)11(8-19)24-14)6-16(2,3)25(4,5)23/h7,10-12,14,19-20,23H,6,8H2,1-5H3,(H,17,21,22)/t10-,11+,12?,14+/m0/s1. The molecule has 1 aliphatic rings. The van der Waals surface area contributed by atoms with E-state index in [1.165, 1.54) is 10.8 Å². The molecular weight excluding hydrogens is 344 g/mol. The number of aromatic nitrogens is 2. The number of H-pyrrole nitrogens is 1. The van der Waals surface area contributed by atoms with E-state index in [1.807, 2.05) is 26.9 Å². The molecule has 2 rings (SSSR count). The number of nitrogens with zero attached hydrogens (tertiary/aromatic N) is 1. The topological polar surface area (TPSA) is 125 Å². The van der Waals surface area contributed by atoms with Crippen LogP contribution in [-0.2, 0) is 4.74 Å². The number of hydrogen-bond acceptors (Lipinski definition) is 6. The highest BCUT2D eigenvalue weighted by atomic mass is 28.4. The third-order valence-electron chi connectivity index (χ3n) is 5.50. The van der Waals surface area contributed by atoms with Crippen molar-refractivity contribution in [3.05, 3.63) is 32.6 Å². The summed E-state index contributed by atoms with van der Waals surface area (Å²) in [5.74, 6) is -0.505. The maximum Gasteiger partial charge on any atom is 0.330 e. The third kappa shape index (κ3) is 3.80. The van der Waals surface area contributed by atoms with E-state index in [-0.39, 0.29) is 6.61 Å². The predicted molar refractivity (Wildman–Crippen MR) is 94.9 cm³/mol. The van der Waals surface area contributed by atoms with Gasteiger partial charge in [0.2, 0.25) is 0 Å². The van der Waals surface area contributed by atoms with E-state index in [4.69, 9.17) is 4.74 Å². The van der Waals surface area contributed by atoms with Crippen LogP contribution in [0.1, 0.15) is 32.1 Å². The lowest BCUT2D eigenvalue weighted by atomic mass is 9.89. The summed E-state index contributed by atoms with van der Waals surface area (Å²) in [7, 11) is -2.55. The van der Waals surface area contributed by atoms with Gasteiger partial charge in [-0.1, -0.05) is 13.8 Å². The second kappa shape index (κ2) is 6.80. The van der Waals surface area contributed by atoms with Crippen LogP contribution in [0.5, 0.6) is 0 Å². The molecule has 0 saturated carbocycles. The average molecular weight is 372 g/mol. The van der Waals surface area contributed by atoms with Gasteiger partial charge in [-0.25, -0.2) is 4.79 Å². The van der Waals surface area contributed by atoms with Gasteiger partial charge in [0, 0.05) is 17.7 Å². The normalized spacial score (nSPS) is 27.7. The molecule has 25 heavy (non-hydrogen) atoms. The zero-order valence-corrected chi connectivity index (χ0v) is 16.3. The summed E-state index contributed by atoms with van der Waals surface area (Å²) in [5.41, 5.74) is -0.756. The van der Waals surface area contributed by atoms with Crippen LogP contribution in [0, 0.1) is 12.8 Å². The van der Waals surface area contributed by atoms with Crippen LogP contribution < -0.4 is 11.2 Å². The maximum atomic E-state index is 12.2. The van der Waals surface area contributed by atoms with Gasteiger partial charge in [0.15, 0.2) is 8.32 Å². The lowest BCUT2D eigenvalue weighted by molar-refractivity contribution is -0.0486. The number of aliphatic hydroxyl groups is 2. The number of rotatable bonds is 5. The van der Waals surface area contributed by atoms with Crippen molar-refractivity contribution in [2.75, 3.05) is 6.61 Å². The molecule has 0 aromatic carbocycles. The van der Waals surface area contributed by atoms with Crippen LogP contribution >= 0.6 is 0 Å². The molecule has 2 heterocycles. The van der Waals surface area contributed by atoms with Crippen LogP contribution in [0.2, 0.25) is 18.1 Å². The fourth-order valence-corrected chi connectivity index (χ4v) is 3.80. The first-order valence-electron chi connectivity index (χ1n) is 8.38. The van der Waals surface area contributed by atoms with E-state index in [0.717, 1.165) is 0 Å². The van der Waals surface area contributed by atoms with Gasteiger partial charge in [-0.2, -0.15) is 0 Å². The predicted octanol–water partition coefficient (Wildman–Crippen LogP) is 0.0795. The highest BCUT2D eigenvalue weighted by molar-refractivity contribution is 6.72. The van der Waals surface area contributed by atoms with Crippen molar-refractivity contribution >= 4 is 8.32 Å². The van der Waals surface area contributed by atoms with E-state index >= 15 is 0 Å². The summed E-state index contributed by atoms with van der Waals surface area (Å²) in [6.07, 6.45) is -0.820. The minimum Gasteiger partial charge on any atom is -0.432 e. The summed E-state index contributed by atoms with van der Waals surface area (Å²) in [6, 6.07) is 0. The Balaban J connectivity index is 2.46. The second-order valence-corrected chi connectivity index (χ2v) is 12.5. The van der Waals surface area contributed by atoms with Gasteiger partial charge in [0.05, 0.1) is 12.7 Å². The third-order valence-corrected chi connectivity index (χ3v) is 9.02. The summed E-state index contributed by atoms with van der Waals surface area (Å²) >= 11 is 0. The largest absolute Gasteiger partial charge is 0.432 e. The van der Waals surface area contributed by atoms with Crippen molar-refractivity contribution in [1.82, 2.24) is 9.55 Å². The molecule has 1 unspecified atom stereocenters. The number of aromatic amines is 1. The Morgan fingerprint density at radius 2 is 1.96 bits per heavy atom. The van der Waals surface area contributed by atoms with Gasteiger partial charge in [-0.15, -0.1) is 0 Å². The molecule has 4 N–H and O–H groups in total. The number of ether oxygens (including phenoxy) is 1. The molecular formula is C16H28N2O6Si. The monoisotopic (exact) mass is 372 g/mol. The summed E-state index contributed by atoms with van der Waals surface area (Å²) in [4.78, 5) is 36.6. The first-order chi connectivity index (χ1) is 11.4. The smallest absolute Gasteiger partial charge is 0.330 e. The van der Waals surface area contributed by atoms with Crippen molar-refractivity contribution in [2.24, 2.45) is 5.92 Å². The fraction of sp³-hybridized carbons (Fsp3) is 0.750.